The van der Waals surface area contributed by atoms with Gasteiger partial charge in [0.15, 0.2) is 11.6 Å². The molecule has 1 aromatic rings. The molecule has 0 radical (unpaired) electrons. The van der Waals surface area contributed by atoms with Gasteiger partial charge in [-0.25, -0.2) is 4.39 Å². The predicted octanol–water partition coefficient (Wildman–Crippen LogP) is 1.26. The second-order valence-corrected chi connectivity index (χ2v) is 3.72. The number of hydrogen-bond donors (Lipinski definition) is 1. The van der Waals surface area contributed by atoms with Crippen LogP contribution in [0.1, 0.15) is 16.8 Å². The van der Waals surface area contributed by atoms with Crippen molar-refractivity contribution in [3.63, 3.8) is 0 Å². The summed E-state index contributed by atoms with van der Waals surface area (Å²) in [6.45, 7) is 1.08. The van der Waals surface area contributed by atoms with Crippen molar-refractivity contribution < 1.29 is 13.9 Å². The SMILES string of the molecule is COc1ccc(C(=O)N(C)CCCN)cc1F. The summed E-state index contributed by atoms with van der Waals surface area (Å²) in [6.07, 6.45) is 0.723. The van der Waals surface area contributed by atoms with Crippen molar-refractivity contribution in [1.29, 1.82) is 0 Å². The maximum atomic E-state index is 13.4. The monoisotopic (exact) mass is 240 g/mol. The summed E-state index contributed by atoms with van der Waals surface area (Å²) in [5.74, 6) is -0.628. The van der Waals surface area contributed by atoms with Crippen LogP contribution in [0.5, 0.6) is 5.75 Å². The maximum Gasteiger partial charge on any atom is 0.253 e. The molecule has 0 aliphatic heterocycles. The molecule has 1 aromatic carbocycles. The van der Waals surface area contributed by atoms with E-state index in [1.807, 2.05) is 0 Å². The Morgan fingerprint density at radius 1 is 1.53 bits per heavy atom. The summed E-state index contributed by atoms with van der Waals surface area (Å²) in [5.41, 5.74) is 5.67. The molecule has 1 rings (SSSR count). The Balaban J connectivity index is 2.78. The van der Waals surface area contributed by atoms with Crippen molar-refractivity contribution in [2.24, 2.45) is 5.73 Å². The second-order valence-electron chi connectivity index (χ2n) is 3.72. The molecular weight excluding hydrogens is 223 g/mol. The highest BCUT2D eigenvalue weighted by atomic mass is 19.1. The topological polar surface area (TPSA) is 55.6 Å². The van der Waals surface area contributed by atoms with E-state index in [0.29, 0.717) is 18.7 Å². The molecule has 0 aliphatic carbocycles. The number of hydrogen-bond acceptors (Lipinski definition) is 3. The molecule has 5 heteroatoms. The minimum Gasteiger partial charge on any atom is -0.494 e. The normalized spacial score (nSPS) is 10.1. The summed E-state index contributed by atoms with van der Waals surface area (Å²) >= 11 is 0. The summed E-state index contributed by atoms with van der Waals surface area (Å²) in [6, 6.07) is 4.17. The summed E-state index contributed by atoms with van der Waals surface area (Å²) in [5, 5.41) is 0. The molecule has 4 nitrogen and oxygen atoms in total. The standard InChI is InChI=1S/C12H17FN2O2/c1-15(7-3-6-14)12(16)9-4-5-11(17-2)10(13)8-9/h4-5,8H,3,6-7,14H2,1-2H3. The lowest BCUT2D eigenvalue weighted by molar-refractivity contribution is 0.0794. The first-order valence-electron chi connectivity index (χ1n) is 5.39. The van der Waals surface area contributed by atoms with Crippen LogP contribution in [0.15, 0.2) is 18.2 Å². The lowest BCUT2D eigenvalue weighted by Gasteiger charge is -2.16. The van der Waals surface area contributed by atoms with Gasteiger partial charge in [-0.1, -0.05) is 0 Å². The van der Waals surface area contributed by atoms with Crippen molar-refractivity contribution in [2.75, 3.05) is 27.2 Å². The lowest BCUT2D eigenvalue weighted by Crippen LogP contribution is -2.29. The fraction of sp³-hybridized carbons (Fsp3) is 0.417. The summed E-state index contributed by atoms with van der Waals surface area (Å²) in [7, 11) is 3.05. The smallest absolute Gasteiger partial charge is 0.253 e. The van der Waals surface area contributed by atoms with E-state index < -0.39 is 5.82 Å². The van der Waals surface area contributed by atoms with Crippen LogP contribution in [0.2, 0.25) is 0 Å². The largest absolute Gasteiger partial charge is 0.494 e. The highest BCUT2D eigenvalue weighted by Crippen LogP contribution is 2.18. The van der Waals surface area contributed by atoms with Crippen LogP contribution in [0.25, 0.3) is 0 Å². The first kappa shape index (κ1) is 13.4. The molecule has 2 N–H and O–H groups in total. The molecule has 0 fully saturated rings. The number of ether oxygens (including phenoxy) is 1. The van der Waals surface area contributed by atoms with Crippen molar-refractivity contribution in [3.05, 3.63) is 29.6 Å². The van der Waals surface area contributed by atoms with E-state index in [9.17, 15) is 9.18 Å². The number of benzene rings is 1. The summed E-state index contributed by atoms with van der Waals surface area (Å²) in [4.78, 5) is 13.4. The number of nitrogens with zero attached hydrogens (tertiary/aromatic N) is 1. The quantitative estimate of drug-likeness (QED) is 0.842. The highest BCUT2D eigenvalue weighted by molar-refractivity contribution is 5.94. The Kier molecular flexibility index (Phi) is 4.90. The molecule has 94 valence electrons. The third-order valence-corrected chi connectivity index (χ3v) is 2.44. The van der Waals surface area contributed by atoms with Crippen molar-refractivity contribution >= 4 is 5.91 Å². The molecule has 0 bridgehead atoms. The number of amides is 1. The molecule has 0 unspecified atom stereocenters. The molecule has 0 atom stereocenters. The zero-order chi connectivity index (χ0) is 12.8. The first-order valence-corrected chi connectivity index (χ1v) is 5.39. The van der Waals surface area contributed by atoms with E-state index in [0.717, 1.165) is 6.42 Å². The minimum absolute atomic E-state index is 0.131. The zero-order valence-electron chi connectivity index (χ0n) is 10.1. The van der Waals surface area contributed by atoms with E-state index >= 15 is 0 Å². The van der Waals surface area contributed by atoms with Gasteiger partial charge in [-0.2, -0.15) is 0 Å². The van der Waals surface area contributed by atoms with Gasteiger partial charge in [0.25, 0.3) is 5.91 Å². The lowest BCUT2D eigenvalue weighted by atomic mass is 10.2. The van der Waals surface area contributed by atoms with Crippen LogP contribution in [0.3, 0.4) is 0 Å². The second kappa shape index (κ2) is 6.20. The average molecular weight is 240 g/mol. The Morgan fingerprint density at radius 3 is 2.76 bits per heavy atom. The van der Waals surface area contributed by atoms with Gasteiger partial charge >= 0.3 is 0 Å². The van der Waals surface area contributed by atoms with Gasteiger partial charge in [0.2, 0.25) is 0 Å². The van der Waals surface area contributed by atoms with Gasteiger partial charge < -0.3 is 15.4 Å². The van der Waals surface area contributed by atoms with Crippen LogP contribution >= 0.6 is 0 Å². The molecule has 0 spiro atoms. The van der Waals surface area contributed by atoms with Gasteiger partial charge in [0.05, 0.1) is 7.11 Å². The first-order chi connectivity index (χ1) is 8.10. The third kappa shape index (κ3) is 3.42. The highest BCUT2D eigenvalue weighted by Gasteiger charge is 2.13. The van der Waals surface area contributed by atoms with E-state index in [-0.39, 0.29) is 11.7 Å². The zero-order valence-corrected chi connectivity index (χ0v) is 10.1. The summed E-state index contributed by atoms with van der Waals surface area (Å²) < 4.78 is 18.2. The number of carbonyl (C=O) groups excluding carboxylic acids is 1. The van der Waals surface area contributed by atoms with Crippen LogP contribution in [-0.4, -0.2) is 38.1 Å². The Bertz CT molecular complexity index is 396. The van der Waals surface area contributed by atoms with Crippen LogP contribution in [0.4, 0.5) is 4.39 Å². The van der Waals surface area contributed by atoms with E-state index in [4.69, 9.17) is 10.5 Å². The maximum absolute atomic E-state index is 13.4. The van der Waals surface area contributed by atoms with Gasteiger partial charge in [0.1, 0.15) is 0 Å². The number of rotatable bonds is 5. The Morgan fingerprint density at radius 2 is 2.24 bits per heavy atom. The number of nitrogens with two attached hydrogens (primary N) is 1. The number of methoxy groups -OCH3 is 1. The molecule has 0 saturated carbocycles. The van der Waals surface area contributed by atoms with E-state index in [1.54, 1.807) is 13.1 Å². The van der Waals surface area contributed by atoms with Crippen LogP contribution in [0, 0.1) is 5.82 Å². The molecular formula is C12H17FN2O2. The molecule has 0 saturated heterocycles. The average Bonchev–Trinajstić information content (AvgIpc) is 2.34. The van der Waals surface area contributed by atoms with E-state index in [1.165, 1.54) is 24.1 Å². The molecule has 0 aromatic heterocycles. The number of halogens is 1. The number of carbonyl (C=O) groups is 1. The van der Waals surface area contributed by atoms with Crippen molar-refractivity contribution in [3.8, 4) is 5.75 Å². The van der Waals surface area contributed by atoms with Gasteiger partial charge in [-0.05, 0) is 31.2 Å². The van der Waals surface area contributed by atoms with Crippen molar-refractivity contribution in [2.45, 2.75) is 6.42 Å². The molecule has 0 heterocycles. The Hall–Kier alpha value is -1.62. The molecule has 0 aliphatic rings. The molecule has 17 heavy (non-hydrogen) atoms. The van der Waals surface area contributed by atoms with Gasteiger partial charge in [-0.3, -0.25) is 4.79 Å². The molecule has 1 amide bonds. The Labute approximate surface area is 100 Å². The van der Waals surface area contributed by atoms with Crippen molar-refractivity contribution in [1.82, 2.24) is 4.90 Å². The fourth-order valence-electron chi connectivity index (χ4n) is 1.45. The minimum atomic E-state index is -0.537. The fourth-order valence-corrected chi connectivity index (χ4v) is 1.45. The third-order valence-electron chi connectivity index (χ3n) is 2.44. The van der Waals surface area contributed by atoms with Crippen LogP contribution in [-0.2, 0) is 0 Å². The van der Waals surface area contributed by atoms with E-state index in [2.05, 4.69) is 0 Å². The van der Waals surface area contributed by atoms with Gasteiger partial charge in [-0.15, -0.1) is 0 Å². The predicted molar refractivity (Wildman–Crippen MR) is 63.6 cm³/mol. The van der Waals surface area contributed by atoms with Gasteiger partial charge in [0, 0.05) is 19.2 Å². The van der Waals surface area contributed by atoms with Crippen LogP contribution < -0.4 is 10.5 Å².